The van der Waals surface area contributed by atoms with E-state index in [1.807, 2.05) is 31.2 Å². The van der Waals surface area contributed by atoms with Gasteiger partial charge in [-0.2, -0.15) is 0 Å². The van der Waals surface area contributed by atoms with Gasteiger partial charge in [-0.15, -0.1) is 0 Å². The SMILES string of the molecule is CCOC(=O)C1=C(C)N=c2s/c(=C\c3ccc(-c4ccccc4[N+](=O)[O-])o3)c(=O)n2C1c1ccc(C)cc1. The van der Waals surface area contributed by atoms with E-state index in [1.165, 1.54) is 22.0 Å². The van der Waals surface area contributed by atoms with Crippen molar-refractivity contribution in [3.63, 3.8) is 0 Å². The van der Waals surface area contributed by atoms with Gasteiger partial charge in [0.1, 0.15) is 11.5 Å². The zero-order valence-electron chi connectivity index (χ0n) is 20.8. The smallest absolute Gasteiger partial charge is 0.338 e. The lowest BCUT2D eigenvalue weighted by molar-refractivity contribution is -0.384. The van der Waals surface area contributed by atoms with E-state index in [9.17, 15) is 19.7 Å². The van der Waals surface area contributed by atoms with E-state index in [2.05, 4.69) is 4.99 Å². The minimum Gasteiger partial charge on any atom is -0.463 e. The summed E-state index contributed by atoms with van der Waals surface area (Å²) in [4.78, 5) is 42.6. The Kier molecular flexibility index (Phi) is 6.64. The molecule has 0 aliphatic carbocycles. The predicted octanol–water partition coefficient (Wildman–Crippen LogP) is 4.27. The first-order valence-electron chi connectivity index (χ1n) is 11.9. The molecule has 5 rings (SSSR count). The van der Waals surface area contributed by atoms with Crippen LogP contribution in [0.25, 0.3) is 17.4 Å². The molecule has 38 heavy (non-hydrogen) atoms. The maximum Gasteiger partial charge on any atom is 0.338 e. The number of carbonyl (C=O) groups is 1. The van der Waals surface area contributed by atoms with Gasteiger partial charge in [-0.3, -0.25) is 19.5 Å². The van der Waals surface area contributed by atoms with Crippen LogP contribution in [-0.4, -0.2) is 22.1 Å². The van der Waals surface area contributed by atoms with Crippen molar-refractivity contribution in [2.24, 2.45) is 4.99 Å². The van der Waals surface area contributed by atoms with Crippen LogP contribution in [0, 0.1) is 17.0 Å². The molecule has 0 radical (unpaired) electrons. The van der Waals surface area contributed by atoms with Gasteiger partial charge in [-0.25, -0.2) is 9.79 Å². The molecule has 1 aliphatic heterocycles. The minimum atomic E-state index is -0.702. The Balaban J connectivity index is 1.64. The second-order valence-corrected chi connectivity index (χ2v) is 9.70. The van der Waals surface area contributed by atoms with Gasteiger partial charge in [-0.05, 0) is 44.5 Å². The van der Waals surface area contributed by atoms with Crippen molar-refractivity contribution in [2.75, 3.05) is 6.61 Å². The van der Waals surface area contributed by atoms with Crippen LogP contribution in [0.2, 0.25) is 0 Å². The summed E-state index contributed by atoms with van der Waals surface area (Å²) in [5, 5.41) is 11.4. The average molecular weight is 530 g/mol. The summed E-state index contributed by atoms with van der Waals surface area (Å²) in [6.45, 7) is 5.62. The molecule has 0 fully saturated rings. The fourth-order valence-electron chi connectivity index (χ4n) is 4.40. The van der Waals surface area contributed by atoms with Crippen molar-refractivity contribution in [1.29, 1.82) is 0 Å². The number of nitro benzene ring substituents is 1. The number of fused-ring (bicyclic) bond motifs is 1. The summed E-state index contributed by atoms with van der Waals surface area (Å²) in [6.07, 6.45) is 1.58. The lowest BCUT2D eigenvalue weighted by Gasteiger charge is -2.24. The molecule has 192 valence electrons. The van der Waals surface area contributed by atoms with E-state index in [1.54, 1.807) is 50.3 Å². The number of hydrogen-bond acceptors (Lipinski definition) is 8. The number of esters is 1. The Morgan fingerprint density at radius 1 is 1.16 bits per heavy atom. The second kappa shape index (κ2) is 10.1. The number of aryl methyl sites for hydroxylation is 1. The molecule has 10 heteroatoms. The fraction of sp³-hybridized carbons (Fsp3) is 0.179. The van der Waals surface area contributed by atoms with E-state index in [4.69, 9.17) is 9.15 Å². The van der Waals surface area contributed by atoms with Crippen LogP contribution in [0.3, 0.4) is 0 Å². The van der Waals surface area contributed by atoms with Gasteiger partial charge < -0.3 is 9.15 Å². The van der Waals surface area contributed by atoms with Crippen LogP contribution in [0.5, 0.6) is 0 Å². The molecular weight excluding hydrogens is 506 g/mol. The van der Waals surface area contributed by atoms with Gasteiger partial charge in [0.2, 0.25) is 0 Å². The van der Waals surface area contributed by atoms with Crippen molar-refractivity contribution >= 4 is 29.1 Å². The largest absolute Gasteiger partial charge is 0.463 e. The highest BCUT2D eigenvalue weighted by Crippen LogP contribution is 2.32. The first kappa shape index (κ1) is 25.1. The van der Waals surface area contributed by atoms with E-state index in [0.717, 1.165) is 11.1 Å². The Morgan fingerprint density at radius 2 is 1.89 bits per heavy atom. The van der Waals surface area contributed by atoms with Crippen LogP contribution in [0.15, 0.2) is 86.1 Å². The van der Waals surface area contributed by atoms with Crippen LogP contribution in [0.4, 0.5) is 5.69 Å². The number of thiazole rings is 1. The van der Waals surface area contributed by atoms with E-state index in [0.29, 0.717) is 37.7 Å². The van der Waals surface area contributed by atoms with Crippen LogP contribution < -0.4 is 14.9 Å². The van der Waals surface area contributed by atoms with Gasteiger partial charge in [0.05, 0.1) is 38.9 Å². The number of para-hydroxylation sites is 1. The van der Waals surface area contributed by atoms with Crippen LogP contribution >= 0.6 is 11.3 Å². The average Bonchev–Trinajstić information content (AvgIpc) is 3.48. The van der Waals surface area contributed by atoms with Crippen molar-refractivity contribution in [2.45, 2.75) is 26.8 Å². The van der Waals surface area contributed by atoms with Gasteiger partial charge in [0, 0.05) is 12.1 Å². The van der Waals surface area contributed by atoms with Crippen molar-refractivity contribution in [3.8, 4) is 11.3 Å². The number of furan rings is 1. The molecule has 3 heterocycles. The molecule has 2 aromatic carbocycles. The van der Waals surface area contributed by atoms with E-state index < -0.39 is 16.9 Å². The Hall–Kier alpha value is -4.57. The zero-order chi connectivity index (χ0) is 27.0. The summed E-state index contributed by atoms with van der Waals surface area (Å²) in [5.74, 6) is 0.152. The summed E-state index contributed by atoms with van der Waals surface area (Å²) < 4.78 is 13.0. The molecule has 2 aromatic heterocycles. The lowest BCUT2D eigenvalue weighted by Crippen LogP contribution is -2.39. The molecule has 0 amide bonds. The molecular formula is C28H23N3O6S. The normalized spacial score (nSPS) is 15.2. The highest BCUT2D eigenvalue weighted by Gasteiger charge is 2.33. The predicted molar refractivity (Wildman–Crippen MR) is 142 cm³/mol. The quantitative estimate of drug-likeness (QED) is 0.209. The topological polar surface area (TPSA) is 117 Å². The number of allylic oxidation sites excluding steroid dienone is 1. The molecule has 0 spiro atoms. The third kappa shape index (κ3) is 4.50. The number of benzene rings is 2. The number of aromatic nitrogens is 1. The van der Waals surface area contributed by atoms with Gasteiger partial charge in [-0.1, -0.05) is 53.3 Å². The second-order valence-electron chi connectivity index (χ2n) is 8.69. The number of ether oxygens (including phenoxy) is 1. The summed E-state index contributed by atoms with van der Waals surface area (Å²) in [7, 11) is 0. The molecule has 1 aliphatic rings. The first-order valence-corrected chi connectivity index (χ1v) is 12.7. The van der Waals surface area contributed by atoms with Crippen molar-refractivity contribution in [1.82, 2.24) is 4.57 Å². The zero-order valence-corrected chi connectivity index (χ0v) is 21.7. The standard InChI is InChI=1S/C28H23N3O6S/c1-4-36-27(33)24-17(3)29-28-30(25(24)18-11-9-16(2)10-12-18)26(32)23(38-28)15-19-13-14-22(37-19)20-7-5-6-8-21(20)31(34)35/h5-15,25H,4H2,1-3H3/b23-15-. The highest BCUT2D eigenvalue weighted by molar-refractivity contribution is 7.07. The monoisotopic (exact) mass is 529 g/mol. The molecule has 4 aromatic rings. The number of rotatable bonds is 6. The maximum absolute atomic E-state index is 13.7. The van der Waals surface area contributed by atoms with Gasteiger partial charge >= 0.3 is 5.97 Å². The van der Waals surface area contributed by atoms with E-state index in [-0.39, 0.29) is 17.9 Å². The third-order valence-corrected chi connectivity index (χ3v) is 7.16. The molecule has 0 saturated heterocycles. The molecule has 0 saturated carbocycles. The van der Waals surface area contributed by atoms with E-state index >= 15 is 0 Å². The maximum atomic E-state index is 13.7. The Bertz CT molecular complexity index is 1780. The number of carbonyl (C=O) groups excluding carboxylic acids is 1. The molecule has 9 nitrogen and oxygen atoms in total. The summed E-state index contributed by atoms with van der Waals surface area (Å²) in [6, 6.07) is 16.5. The number of hydrogen-bond donors (Lipinski definition) is 0. The Morgan fingerprint density at radius 3 is 2.61 bits per heavy atom. The molecule has 1 unspecified atom stereocenters. The highest BCUT2D eigenvalue weighted by atomic mass is 32.1. The van der Waals surface area contributed by atoms with Gasteiger partial charge in [0.25, 0.3) is 11.2 Å². The Labute approximate surface area is 220 Å². The van der Waals surface area contributed by atoms with Crippen LogP contribution in [-0.2, 0) is 9.53 Å². The number of nitro groups is 1. The minimum absolute atomic E-state index is 0.0761. The summed E-state index contributed by atoms with van der Waals surface area (Å²) >= 11 is 1.18. The third-order valence-electron chi connectivity index (χ3n) is 6.18. The molecule has 0 N–H and O–H groups in total. The first-order chi connectivity index (χ1) is 18.3. The van der Waals surface area contributed by atoms with Crippen LogP contribution in [0.1, 0.15) is 36.8 Å². The fourth-order valence-corrected chi connectivity index (χ4v) is 5.43. The summed E-state index contributed by atoms with van der Waals surface area (Å²) in [5.41, 5.74) is 2.53. The van der Waals surface area contributed by atoms with Crippen molar-refractivity contribution in [3.05, 3.63) is 119 Å². The molecule has 1 atom stereocenters. The van der Waals surface area contributed by atoms with Crippen molar-refractivity contribution < 1.29 is 18.9 Å². The molecule has 0 bridgehead atoms. The lowest BCUT2D eigenvalue weighted by atomic mass is 9.95. The van der Waals surface area contributed by atoms with Gasteiger partial charge in [0.15, 0.2) is 4.80 Å². The number of nitrogens with zero attached hydrogens (tertiary/aromatic N) is 3.